The molecule has 0 bridgehead atoms. The number of hydrogen-bond donors (Lipinski definition) is 1. The minimum absolute atomic E-state index is 0.0220. The first-order chi connectivity index (χ1) is 44.4. The Morgan fingerprint density at radius 1 is 0.385 bits per heavy atom. The average Bonchev–Trinajstić information content (AvgIpc) is 3.08. The molecule has 0 aromatic rings. The number of nitrogens with one attached hydrogen (secondary N) is 1. The van der Waals surface area contributed by atoms with Crippen LogP contribution in [0.3, 0.4) is 0 Å². The Balaban J connectivity index is 4.87. The lowest BCUT2D eigenvalue weighted by atomic mass is 10.0. The molecule has 0 saturated carbocycles. The molecule has 3 unspecified atom stereocenters. The zero-order chi connectivity index (χ0) is 66.3. The number of phosphoric acid groups is 1. The molecule has 0 fully saturated rings. The molecule has 0 aromatic carbocycles. The van der Waals surface area contributed by atoms with Crippen LogP contribution in [-0.4, -0.2) is 69.4 Å². The van der Waals surface area contributed by atoms with E-state index in [-0.39, 0.29) is 31.5 Å². The first-order valence-corrected chi connectivity index (χ1v) is 41.1. The Morgan fingerprint density at radius 3 is 1.02 bits per heavy atom. The summed E-state index contributed by atoms with van der Waals surface area (Å²) in [6.07, 6.45) is 92.3. The van der Waals surface area contributed by atoms with Crippen LogP contribution in [0.1, 0.15) is 393 Å². The van der Waals surface area contributed by atoms with Crippen LogP contribution in [0.25, 0.3) is 0 Å². The molecular weight excluding hydrogens is 1140 g/mol. The lowest BCUT2D eigenvalue weighted by molar-refractivity contribution is -0.870. The number of phosphoric ester groups is 1. The molecule has 0 aliphatic carbocycles. The van der Waals surface area contributed by atoms with Crippen LogP contribution in [0, 0.1) is 0 Å². The van der Waals surface area contributed by atoms with Gasteiger partial charge in [0.1, 0.15) is 19.3 Å². The highest BCUT2D eigenvalue weighted by Crippen LogP contribution is 2.38. The van der Waals surface area contributed by atoms with Crippen molar-refractivity contribution in [1.82, 2.24) is 5.32 Å². The van der Waals surface area contributed by atoms with Crippen LogP contribution in [-0.2, 0) is 27.9 Å². The summed E-state index contributed by atoms with van der Waals surface area (Å²) in [5, 5.41) is 3.05. The fourth-order valence-corrected chi connectivity index (χ4v) is 12.6. The Hall–Kier alpha value is -2.29. The second kappa shape index (κ2) is 70.5. The van der Waals surface area contributed by atoms with E-state index in [1.54, 1.807) is 0 Å². The van der Waals surface area contributed by atoms with Gasteiger partial charge in [0.2, 0.25) is 5.91 Å². The Labute approximate surface area is 566 Å². The maximum atomic E-state index is 13.6. The summed E-state index contributed by atoms with van der Waals surface area (Å²) in [6, 6.07) is -0.891. The maximum absolute atomic E-state index is 13.6. The maximum Gasteiger partial charge on any atom is 0.306 e. The average molecular weight is 1300 g/mol. The van der Waals surface area contributed by atoms with E-state index < -0.39 is 20.0 Å². The van der Waals surface area contributed by atoms with Gasteiger partial charge in [-0.2, -0.15) is 0 Å². The highest BCUT2D eigenvalue weighted by molar-refractivity contribution is 7.45. The van der Waals surface area contributed by atoms with Crippen molar-refractivity contribution < 1.29 is 37.3 Å². The van der Waals surface area contributed by atoms with Gasteiger partial charge in [-0.1, -0.05) is 364 Å². The number of allylic oxidation sites excluding steroid dienone is 9. The van der Waals surface area contributed by atoms with Crippen molar-refractivity contribution in [2.24, 2.45) is 0 Å². The van der Waals surface area contributed by atoms with Gasteiger partial charge in [-0.3, -0.25) is 14.2 Å². The molecule has 0 saturated heterocycles. The van der Waals surface area contributed by atoms with E-state index in [2.05, 4.69) is 74.7 Å². The van der Waals surface area contributed by atoms with E-state index in [9.17, 15) is 19.0 Å². The molecule has 91 heavy (non-hydrogen) atoms. The molecule has 0 radical (unpaired) electrons. The topological polar surface area (TPSA) is 114 Å². The number of nitrogens with zero attached hydrogens (tertiary/aromatic N) is 1. The van der Waals surface area contributed by atoms with Crippen molar-refractivity contribution in [2.45, 2.75) is 405 Å². The van der Waals surface area contributed by atoms with E-state index in [1.165, 1.54) is 283 Å². The highest BCUT2D eigenvalue weighted by atomic mass is 31.2. The van der Waals surface area contributed by atoms with Gasteiger partial charge in [-0.25, -0.2) is 0 Å². The summed E-state index contributed by atoms with van der Waals surface area (Å²) in [7, 11) is 1.20. The lowest BCUT2D eigenvalue weighted by Gasteiger charge is -2.30. The molecule has 1 amide bonds. The smallest absolute Gasteiger partial charge is 0.306 e. The van der Waals surface area contributed by atoms with Gasteiger partial charge in [-0.15, -0.1) is 0 Å². The van der Waals surface area contributed by atoms with Gasteiger partial charge in [0.05, 0.1) is 33.8 Å². The van der Waals surface area contributed by atoms with Gasteiger partial charge < -0.3 is 28.5 Å². The van der Waals surface area contributed by atoms with Crippen LogP contribution in [0.5, 0.6) is 0 Å². The molecule has 0 rings (SSSR count). The predicted octanol–water partition coefficient (Wildman–Crippen LogP) is 25.1. The molecule has 0 aromatic heterocycles. The molecule has 1 N–H and O–H groups in total. The van der Waals surface area contributed by atoms with Crippen molar-refractivity contribution in [2.75, 3.05) is 40.9 Å². The van der Waals surface area contributed by atoms with Crippen LogP contribution < -0.4 is 10.2 Å². The molecule has 0 heterocycles. The van der Waals surface area contributed by atoms with E-state index in [4.69, 9.17) is 13.8 Å². The van der Waals surface area contributed by atoms with Crippen LogP contribution in [0.4, 0.5) is 0 Å². The number of ether oxygens (including phenoxy) is 1. The van der Waals surface area contributed by atoms with E-state index in [0.29, 0.717) is 17.4 Å². The standard InChI is InChI=1S/C81H153N2O7P/c1-7-10-13-16-19-22-25-27-29-31-33-35-37-39-41-43-45-47-49-51-53-55-58-61-64-67-70-73-80(84)82-78(77-89-91(86,87)88-76-75-83(4,5)6)79(72-69-66-63-60-57-24-21-18-15-12-9-3)90-81(85)74-71-68-65-62-59-56-54-52-50-48-46-44-42-40-38-36-34-32-30-28-26-23-20-17-14-11-8-2/h19,22,27,29,33,35,39,41,69,72,78-79H,7-18,20-21,23-26,28,30-32,34,36-38,40,42-68,70-71,73-77H2,1-6H3,(H-,82,84,86,87)/b22-19-,29-27-,35-33-,41-39-,72-69+. The van der Waals surface area contributed by atoms with Gasteiger partial charge in [-0.05, 0) is 76.7 Å². The first kappa shape index (κ1) is 88.7. The zero-order valence-electron chi connectivity index (χ0n) is 61.3. The third-order valence-electron chi connectivity index (χ3n) is 18.0. The van der Waals surface area contributed by atoms with E-state index in [0.717, 1.165) is 77.0 Å². The fraction of sp³-hybridized carbons (Fsp3) is 0.852. The summed E-state index contributed by atoms with van der Waals surface area (Å²) in [6.45, 7) is 6.87. The van der Waals surface area contributed by atoms with Crippen molar-refractivity contribution >= 4 is 19.7 Å². The van der Waals surface area contributed by atoms with Crippen molar-refractivity contribution in [1.29, 1.82) is 0 Å². The Kier molecular flexibility index (Phi) is 68.7. The summed E-state index contributed by atoms with van der Waals surface area (Å²) in [5.74, 6) is -0.527. The van der Waals surface area contributed by atoms with Crippen molar-refractivity contribution in [3.05, 3.63) is 60.8 Å². The summed E-state index contributed by atoms with van der Waals surface area (Å²) >= 11 is 0. The van der Waals surface area contributed by atoms with Gasteiger partial charge in [0.25, 0.3) is 7.82 Å². The van der Waals surface area contributed by atoms with E-state index >= 15 is 0 Å². The minimum atomic E-state index is -4.71. The molecule has 10 heteroatoms. The van der Waals surface area contributed by atoms with E-state index in [1.807, 2.05) is 33.3 Å². The number of carbonyl (C=O) groups is 2. The third kappa shape index (κ3) is 71.8. The normalized spacial score (nSPS) is 13.7. The molecule has 0 aliphatic heterocycles. The molecule has 534 valence electrons. The number of rotatable bonds is 73. The molecule has 3 atom stereocenters. The Morgan fingerprint density at radius 2 is 0.670 bits per heavy atom. The SMILES string of the molecule is CCCCC/C=C\C/C=C\C/C=C\C/C=C\CCCCCCCCCCCCCC(=O)NC(COP(=O)([O-])OCC[N+](C)(C)C)C(/C=C/CCCCCCCCCCC)OC(=O)CCCCCCCCCCCCCCCCCCCCCCCCCCCCC. The number of carbonyl (C=O) groups excluding carboxylic acids is 2. The number of esters is 1. The monoisotopic (exact) mass is 1300 g/mol. The quantitative estimate of drug-likeness (QED) is 0.0212. The summed E-state index contributed by atoms with van der Waals surface area (Å²) in [5.41, 5.74) is 0. The second-order valence-corrected chi connectivity index (χ2v) is 29.6. The Bertz CT molecular complexity index is 1740. The van der Waals surface area contributed by atoms with Crippen molar-refractivity contribution in [3.8, 4) is 0 Å². The number of unbranched alkanes of at least 4 members (excludes halogenated alkanes) is 49. The number of hydrogen-bond acceptors (Lipinski definition) is 7. The number of amides is 1. The fourth-order valence-electron chi connectivity index (χ4n) is 11.9. The van der Waals surface area contributed by atoms with Crippen LogP contribution >= 0.6 is 7.82 Å². The molecule has 0 aliphatic rings. The third-order valence-corrected chi connectivity index (χ3v) is 18.9. The minimum Gasteiger partial charge on any atom is -0.756 e. The summed E-state index contributed by atoms with van der Waals surface area (Å²) in [4.78, 5) is 40.3. The lowest BCUT2D eigenvalue weighted by Crippen LogP contribution is -2.47. The predicted molar refractivity (Wildman–Crippen MR) is 395 cm³/mol. The van der Waals surface area contributed by atoms with Gasteiger partial charge >= 0.3 is 5.97 Å². The number of likely N-dealkylation sites (N-methyl/N-ethyl adjacent to an activating group) is 1. The first-order valence-electron chi connectivity index (χ1n) is 39.6. The van der Waals surface area contributed by atoms with Gasteiger partial charge in [0, 0.05) is 12.8 Å². The largest absolute Gasteiger partial charge is 0.756 e. The van der Waals surface area contributed by atoms with Crippen LogP contribution in [0.2, 0.25) is 0 Å². The molecule has 0 spiro atoms. The molecule has 9 nitrogen and oxygen atoms in total. The highest BCUT2D eigenvalue weighted by Gasteiger charge is 2.27. The number of quaternary nitrogens is 1. The molecular formula is C81H153N2O7P. The second-order valence-electron chi connectivity index (χ2n) is 28.2. The van der Waals surface area contributed by atoms with Gasteiger partial charge in [0.15, 0.2) is 0 Å². The zero-order valence-corrected chi connectivity index (χ0v) is 62.2. The van der Waals surface area contributed by atoms with Crippen LogP contribution in [0.15, 0.2) is 60.8 Å². The summed E-state index contributed by atoms with van der Waals surface area (Å²) < 4.78 is 30.5. The van der Waals surface area contributed by atoms with Crippen molar-refractivity contribution in [3.63, 3.8) is 0 Å².